The van der Waals surface area contributed by atoms with E-state index in [4.69, 9.17) is 4.74 Å². The molecule has 0 aromatic heterocycles. The van der Waals surface area contributed by atoms with Crippen LogP contribution in [0.15, 0.2) is 88.9 Å². The van der Waals surface area contributed by atoms with Crippen molar-refractivity contribution in [2.75, 3.05) is 0 Å². The normalized spacial score (nSPS) is 19.8. The highest BCUT2D eigenvalue weighted by Crippen LogP contribution is 2.48. The van der Waals surface area contributed by atoms with Crippen LogP contribution in [0, 0.1) is 0 Å². The Morgan fingerprint density at radius 3 is 2.37 bits per heavy atom. The van der Waals surface area contributed by atoms with Crippen molar-refractivity contribution in [3.8, 4) is 5.75 Å². The molecule has 0 saturated carbocycles. The first kappa shape index (κ1) is 18.7. The standard InChI is InChI=1S/C25H15BrO4/c26-16-7-5-6-15(12-16)14-25(19-10-3-4-11-22(19)30-24(25)29)20-13-21(27)17-8-1-2-9-18(17)23(20)28/h1-13H,14H2/t25-/m1/s1. The molecule has 146 valence electrons. The minimum atomic E-state index is -1.39. The van der Waals surface area contributed by atoms with Gasteiger partial charge in [-0.2, -0.15) is 0 Å². The van der Waals surface area contributed by atoms with Gasteiger partial charge in [0.05, 0.1) is 0 Å². The predicted molar refractivity (Wildman–Crippen MR) is 115 cm³/mol. The van der Waals surface area contributed by atoms with Gasteiger partial charge in [0.15, 0.2) is 11.6 Å². The Balaban J connectivity index is 1.76. The van der Waals surface area contributed by atoms with Crippen LogP contribution in [0.2, 0.25) is 0 Å². The molecule has 1 aliphatic heterocycles. The number of allylic oxidation sites excluding steroid dienone is 1. The molecule has 0 spiro atoms. The molecule has 0 amide bonds. The number of para-hydroxylation sites is 1. The summed E-state index contributed by atoms with van der Waals surface area (Å²) in [6.07, 6.45) is 1.52. The Hall–Kier alpha value is -3.31. The van der Waals surface area contributed by atoms with E-state index in [2.05, 4.69) is 15.9 Å². The van der Waals surface area contributed by atoms with Crippen molar-refractivity contribution in [3.63, 3.8) is 0 Å². The van der Waals surface area contributed by atoms with E-state index in [0.717, 1.165) is 10.0 Å². The van der Waals surface area contributed by atoms with Crippen molar-refractivity contribution in [2.24, 2.45) is 0 Å². The summed E-state index contributed by atoms with van der Waals surface area (Å²) in [6, 6.07) is 21.3. The predicted octanol–water partition coefficient (Wildman–Crippen LogP) is 4.85. The average molecular weight is 459 g/mol. The van der Waals surface area contributed by atoms with Gasteiger partial charge >= 0.3 is 5.97 Å². The van der Waals surface area contributed by atoms with Crippen molar-refractivity contribution in [2.45, 2.75) is 11.8 Å². The second-order valence-electron chi connectivity index (χ2n) is 7.39. The molecule has 30 heavy (non-hydrogen) atoms. The van der Waals surface area contributed by atoms with Crippen LogP contribution in [0.5, 0.6) is 5.75 Å². The van der Waals surface area contributed by atoms with Gasteiger partial charge in [-0.15, -0.1) is 0 Å². The van der Waals surface area contributed by atoms with Crippen LogP contribution >= 0.6 is 15.9 Å². The maximum absolute atomic E-state index is 13.5. The first-order chi connectivity index (χ1) is 14.5. The number of benzene rings is 3. The molecule has 1 heterocycles. The molecule has 4 nitrogen and oxygen atoms in total. The van der Waals surface area contributed by atoms with E-state index in [-0.39, 0.29) is 23.6 Å². The zero-order chi connectivity index (χ0) is 20.9. The van der Waals surface area contributed by atoms with E-state index in [1.54, 1.807) is 48.5 Å². The molecule has 0 saturated heterocycles. The van der Waals surface area contributed by atoms with E-state index in [1.807, 2.05) is 24.3 Å². The summed E-state index contributed by atoms with van der Waals surface area (Å²) in [5.41, 5.74) is 0.868. The van der Waals surface area contributed by atoms with Crippen molar-refractivity contribution in [1.29, 1.82) is 0 Å². The Bertz CT molecular complexity index is 1270. The molecule has 5 heteroatoms. The smallest absolute Gasteiger partial charge is 0.327 e. The number of rotatable bonds is 3. The number of ketones is 2. The lowest BCUT2D eigenvalue weighted by molar-refractivity contribution is -0.136. The number of hydrogen-bond donors (Lipinski definition) is 0. The van der Waals surface area contributed by atoms with Gasteiger partial charge < -0.3 is 4.74 Å². The number of ether oxygens (including phenoxy) is 1. The number of Topliss-reactive ketones (excluding diaryl/α,β-unsaturated/α-hetero) is 1. The minimum Gasteiger partial charge on any atom is -0.425 e. The fourth-order valence-electron chi connectivity index (χ4n) is 4.31. The molecule has 0 bridgehead atoms. The summed E-state index contributed by atoms with van der Waals surface area (Å²) >= 11 is 3.46. The van der Waals surface area contributed by atoms with E-state index in [9.17, 15) is 14.4 Å². The van der Waals surface area contributed by atoms with Crippen molar-refractivity contribution in [1.82, 2.24) is 0 Å². The molecule has 2 aliphatic rings. The summed E-state index contributed by atoms with van der Waals surface area (Å²) in [5, 5.41) is 0. The molecule has 3 aromatic carbocycles. The maximum Gasteiger partial charge on any atom is 0.327 e. The molecule has 1 aliphatic carbocycles. The zero-order valence-electron chi connectivity index (χ0n) is 15.7. The Kier molecular flexibility index (Phi) is 4.29. The van der Waals surface area contributed by atoms with Crippen molar-refractivity contribution >= 4 is 33.5 Å². The van der Waals surface area contributed by atoms with Crippen LogP contribution in [0.25, 0.3) is 0 Å². The van der Waals surface area contributed by atoms with Crippen LogP contribution in [0.4, 0.5) is 0 Å². The second-order valence-corrected chi connectivity index (χ2v) is 8.31. The highest BCUT2D eigenvalue weighted by molar-refractivity contribution is 9.10. The lowest BCUT2D eigenvalue weighted by atomic mass is 9.66. The van der Waals surface area contributed by atoms with Crippen LogP contribution in [0.1, 0.15) is 31.8 Å². The Morgan fingerprint density at radius 1 is 0.833 bits per heavy atom. The third-order valence-corrected chi connectivity index (χ3v) is 6.17. The molecular weight excluding hydrogens is 444 g/mol. The van der Waals surface area contributed by atoms with E-state index >= 15 is 0 Å². The number of halogens is 1. The van der Waals surface area contributed by atoms with Crippen molar-refractivity contribution in [3.05, 3.63) is 111 Å². The number of carbonyl (C=O) groups excluding carboxylic acids is 3. The highest BCUT2D eigenvalue weighted by Gasteiger charge is 2.55. The van der Waals surface area contributed by atoms with Gasteiger partial charge in [-0.05, 0) is 36.3 Å². The highest BCUT2D eigenvalue weighted by atomic mass is 79.9. The van der Waals surface area contributed by atoms with Crippen LogP contribution in [-0.2, 0) is 16.6 Å². The average Bonchev–Trinajstić information content (AvgIpc) is 3.03. The topological polar surface area (TPSA) is 60.4 Å². The third-order valence-electron chi connectivity index (χ3n) is 5.67. The summed E-state index contributed by atoms with van der Waals surface area (Å²) < 4.78 is 6.46. The van der Waals surface area contributed by atoms with Crippen molar-refractivity contribution < 1.29 is 19.1 Å². The molecular formula is C25H15BrO4. The van der Waals surface area contributed by atoms with Crippen LogP contribution in [0.3, 0.4) is 0 Å². The largest absolute Gasteiger partial charge is 0.425 e. The summed E-state index contributed by atoms with van der Waals surface area (Å²) in [4.78, 5) is 39.8. The number of fused-ring (bicyclic) bond motifs is 2. The monoisotopic (exact) mass is 458 g/mol. The number of carbonyl (C=O) groups is 3. The molecule has 0 radical (unpaired) electrons. The molecule has 1 atom stereocenters. The van der Waals surface area contributed by atoms with E-state index in [1.165, 1.54) is 6.08 Å². The lowest BCUT2D eigenvalue weighted by Gasteiger charge is -2.30. The van der Waals surface area contributed by atoms with Gasteiger partial charge in [0.25, 0.3) is 0 Å². The van der Waals surface area contributed by atoms with Gasteiger partial charge in [0.1, 0.15) is 11.2 Å². The molecule has 0 unspecified atom stereocenters. The first-order valence-electron chi connectivity index (χ1n) is 9.47. The zero-order valence-corrected chi connectivity index (χ0v) is 17.3. The number of esters is 1. The quantitative estimate of drug-likeness (QED) is 0.415. The third kappa shape index (κ3) is 2.70. The van der Waals surface area contributed by atoms with Gasteiger partial charge in [-0.3, -0.25) is 14.4 Å². The minimum absolute atomic E-state index is 0.154. The van der Waals surface area contributed by atoms with Crippen LogP contribution in [-0.4, -0.2) is 17.5 Å². The molecule has 5 rings (SSSR count). The first-order valence-corrected chi connectivity index (χ1v) is 10.3. The second kappa shape index (κ2) is 6.89. The van der Waals surface area contributed by atoms with Gasteiger partial charge in [0, 0.05) is 26.7 Å². The Morgan fingerprint density at radius 2 is 1.57 bits per heavy atom. The van der Waals surface area contributed by atoms with Gasteiger partial charge in [-0.1, -0.05) is 70.5 Å². The fourth-order valence-corrected chi connectivity index (χ4v) is 4.76. The summed E-state index contributed by atoms with van der Waals surface area (Å²) in [7, 11) is 0. The maximum atomic E-state index is 13.5. The summed E-state index contributed by atoms with van der Waals surface area (Å²) in [5.74, 6) is -0.743. The van der Waals surface area contributed by atoms with Gasteiger partial charge in [-0.25, -0.2) is 0 Å². The number of hydrogen-bond acceptors (Lipinski definition) is 4. The van der Waals surface area contributed by atoms with E-state index < -0.39 is 11.4 Å². The van der Waals surface area contributed by atoms with Gasteiger partial charge in [0.2, 0.25) is 0 Å². The summed E-state index contributed by atoms with van der Waals surface area (Å²) in [6.45, 7) is 0. The molecule has 0 fully saturated rings. The lowest BCUT2D eigenvalue weighted by Crippen LogP contribution is -2.42. The molecule has 0 N–H and O–H groups in total. The van der Waals surface area contributed by atoms with Crippen LogP contribution < -0.4 is 4.74 Å². The van der Waals surface area contributed by atoms with E-state index in [0.29, 0.717) is 22.4 Å². The Labute approximate surface area is 181 Å². The molecule has 3 aromatic rings. The SMILES string of the molecule is O=C1C=C([C@]2(Cc3cccc(Br)c3)C(=O)Oc3ccccc32)C(=O)c2ccccc21. The fraction of sp³-hybridized carbons (Fsp3) is 0.0800.